The van der Waals surface area contributed by atoms with E-state index in [0.29, 0.717) is 35.7 Å². The van der Waals surface area contributed by atoms with E-state index in [1.807, 2.05) is 35.2 Å². The van der Waals surface area contributed by atoms with Crippen LogP contribution in [0.5, 0.6) is 11.5 Å². The first-order valence-corrected chi connectivity index (χ1v) is 14.3. The number of benzene rings is 3. The van der Waals surface area contributed by atoms with Gasteiger partial charge in [0.15, 0.2) is 6.10 Å². The van der Waals surface area contributed by atoms with E-state index in [2.05, 4.69) is 15.0 Å². The molecule has 1 aromatic heterocycles. The van der Waals surface area contributed by atoms with Crippen molar-refractivity contribution in [2.24, 2.45) is 0 Å². The number of amides is 2. The molecule has 0 spiro atoms. The summed E-state index contributed by atoms with van der Waals surface area (Å²) in [4.78, 5) is 32.4. The van der Waals surface area contributed by atoms with Gasteiger partial charge in [-0.3, -0.25) is 9.59 Å². The molecular weight excluding hydrogens is 567 g/mol. The Labute approximate surface area is 244 Å². The number of hydrogen-bond donors (Lipinski definition) is 1. The van der Waals surface area contributed by atoms with Gasteiger partial charge in [0.1, 0.15) is 17.2 Å². The zero-order chi connectivity index (χ0) is 29.7. The molecule has 2 heterocycles. The van der Waals surface area contributed by atoms with E-state index in [-0.39, 0.29) is 29.2 Å². The molecule has 5 rings (SSSR count). The van der Waals surface area contributed by atoms with Crippen molar-refractivity contribution >= 4 is 28.8 Å². The van der Waals surface area contributed by atoms with E-state index < -0.39 is 12.5 Å². The molecule has 0 saturated carbocycles. The fourth-order valence-electron chi connectivity index (χ4n) is 4.80. The van der Waals surface area contributed by atoms with Crippen molar-refractivity contribution < 1.29 is 32.2 Å². The SMILES string of the molecule is CC(Oc1ccccc1)C(=O)N1CCC(c2nc(C(=O)Nc3ccccc3-c3ccc(OC(F)(F)F)cc3)cs2)CC1. The van der Waals surface area contributed by atoms with Crippen LogP contribution in [0.1, 0.15) is 41.2 Å². The lowest BCUT2D eigenvalue weighted by molar-refractivity contribution is -0.274. The topological polar surface area (TPSA) is 80.8 Å². The summed E-state index contributed by atoms with van der Waals surface area (Å²) in [5.74, 6) is 0.0146. The summed E-state index contributed by atoms with van der Waals surface area (Å²) >= 11 is 1.41. The number of alkyl halides is 3. The fourth-order valence-corrected chi connectivity index (χ4v) is 5.77. The maximum atomic E-state index is 13.1. The van der Waals surface area contributed by atoms with Gasteiger partial charge in [0, 0.05) is 35.6 Å². The van der Waals surface area contributed by atoms with Crippen molar-refractivity contribution in [1.82, 2.24) is 9.88 Å². The zero-order valence-electron chi connectivity index (χ0n) is 22.6. The molecule has 1 saturated heterocycles. The monoisotopic (exact) mass is 595 g/mol. The largest absolute Gasteiger partial charge is 0.573 e. The van der Waals surface area contributed by atoms with Gasteiger partial charge in [-0.05, 0) is 55.7 Å². The first-order valence-electron chi connectivity index (χ1n) is 13.4. The third-order valence-electron chi connectivity index (χ3n) is 6.89. The van der Waals surface area contributed by atoms with Crippen molar-refractivity contribution in [1.29, 1.82) is 0 Å². The second-order valence-electron chi connectivity index (χ2n) is 9.82. The zero-order valence-corrected chi connectivity index (χ0v) is 23.5. The van der Waals surface area contributed by atoms with Crippen LogP contribution in [0.3, 0.4) is 0 Å². The van der Waals surface area contributed by atoms with Gasteiger partial charge in [0.2, 0.25) is 0 Å². The van der Waals surface area contributed by atoms with Crippen molar-refractivity contribution in [3.05, 3.63) is 94.9 Å². The summed E-state index contributed by atoms with van der Waals surface area (Å²) in [5, 5.41) is 5.43. The van der Waals surface area contributed by atoms with Crippen LogP contribution in [0.15, 0.2) is 84.2 Å². The minimum Gasteiger partial charge on any atom is -0.481 e. The highest BCUT2D eigenvalue weighted by Gasteiger charge is 2.31. The van der Waals surface area contributed by atoms with Crippen LogP contribution in [0, 0.1) is 0 Å². The number of anilines is 1. The van der Waals surface area contributed by atoms with E-state index >= 15 is 0 Å². The number of para-hydroxylation sites is 2. The lowest BCUT2D eigenvalue weighted by Gasteiger charge is -2.32. The van der Waals surface area contributed by atoms with E-state index in [1.54, 1.807) is 36.6 Å². The smallest absolute Gasteiger partial charge is 0.481 e. The molecule has 7 nitrogen and oxygen atoms in total. The predicted molar refractivity (Wildman–Crippen MR) is 154 cm³/mol. The highest BCUT2D eigenvalue weighted by molar-refractivity contribution is 7.10. The van der Waals surface area contributed by atoms with Crippen LogP contribution in [0.25, 0.3) is 11.1 Å². The molecular formula is C31H28F3N3O4S. The second kappa shape index (κ2) is 12.6. The van der Waals surface area contributed by atoms with Crippen molar-refractivity contribution in [2.45, 2.75) is 38.1 Å². The van der Waals surface area contributed by atoms with E-state index in [9.17, 15) is 22.8 Å². The molecule has 0 radical (unpaired) electrons. The maximum absolute atomic E-state index is 13.1. The number of likely N-dealkylation sites (tertiary alicyclic amines) is 1. The van der Waals surface area contributed by atoms with Gasteiger partial charge >= 0.3 is 6.36 Å². The summed E-state index contributed by atoms with van der Waals surface area (Å²) in [6.45, 7) is 2.91. The summed E-state index contributed by atoms with van der Waals surface area (Å²) in [5.41, 5.74) is 2.04. The van der Waals surface area contributed by atoms with Crippen LogP contribution in [-0.4, -0.2) is 47.3 Å². The molecule has 3 aromatic carbocycles. The number of piperidine rings is 1. The van der Waals surface area contributed by atoms with Crippen LogP contribution >= 0.6 is 11.3 Å². The number of thiazole rings is 1. The molecule has 0 bridgehead atoms. The van der Waals surface area contributed by atoms with Crippen molar-refractivity contribution in [3.63, 3.8) is 0 Å². The third-order valence-corrected chi connectivity index (χ3v) is 7.90. The molecule has 11 heteroatoms. The van der Waals surface area contributed by atoms with E-state index in [1.165, 1.54) is 35.6 Å². The quantitative estimate of drug-likeness (QED) is 0.234. The molecule has 1 atom stereocenters. The average Bonchev–Trinajstić information content (AvgIpc) is 3.48. The number of carbonyl (C=O) groups is 2. The van der Waals surface area contributed by atoms with Gasteiger partial charge in [-0.25, -0.2) is 4.98 Å². The Bertz CT molecular complexity index is 1520. The van der Waals surface area contributed by atoms with Gasteiger partial charge in [0.25, 0.3) is 11.8 Å². The van der Waals surface area contributed by atoms with Crippen LogP contribution < -0.4 is 14.8 Å². The summed E-state index contributed by atoms with van der Waals surface area (Å²) < 4.78 is 47.2. The van der Waals surface area contributed by atoms with Gasteiger partial charge in [-0.1, -0.05) is 48.5 Å². The Morgan fingerprint density at radius 2 is 1.62 bits per heavy atom. The number of ether oxygens (including phenoxy) is 2. The van der Waals surface area contributed by atoms with Crippen LogP contribution in [-0.2, 0) is 4.79 Å². The van der Waals surface area contributed by atoms with E-state index in [4.69, 9.17) is 4.74 Å². The van der Waals surface area contributed by atoms with Crippen molar-refractivity contribution in [2.75, 3.05) is 18.4 Å². The lowest BCUT2D eigenvalue weighted by Crippen LogP contribution is -2.44. The number of nitrogens with one attached hydrogen (secondary N) is 1. The molecule has 1 N–H and O–H groups in total. The highest BCUT2D eigenvalue weighted by atomic mass is 32.1. The fraction of sp³-hybridized carbons (Fsp3) is 0.258. The number of halogens is 3. The Morgan fingerprint density at radius 1 is 0.952 bits per heavy atom. The summed E-state index contributed by atoms with van der Waals surface area (Å²) in [7, 11) is 0. The van der Waals surface area contributed by atoms with Gasteiger partial charge in [-0.15, -0.1) is 24.5 Å². The summed E-state index contributed by atoms with van der Waals surface area (Å²) in [6, 6.07) is 21.7. The molecule has 1 fully saturated rings. The molecule has 1 unspecified atom stereocenters. The number of rotatable bonds is 8. The molecule has 42 heavy (non-hydrogen) atoms. The molecule has 1 aliphatic rings. The van der Waals surface area contributed by atoms with E-state index in [0.717, 1.165) is 17.8 Å². The summed E-state index contributed by atoms with van der Waals surface area (Å²) in [6.07, 6.45) is -3.90. The number of hydrogen-bond acceptors (Lipinski definition) is 6. The first kappa shape index (κ1) is 29.1. The maximum Gasteiger partial charge on any atom is 0.573 e. The molecule has 1 aliphatic heterocycles. The van der Waals surface area contributed by atoms with Crippen LogP contribution in [0.4, 0.5) is 18.9 Å². The number of nitrogens with zero attached hydrogens (tertiary/aromatic N) is 2. The Kier molecular flexibility index (Phi) is 8.77. The minimum atomic E-state index is -4.77. The van der Waals surface area contributed by atoms with Gasteiger partial charge < -0.3 is 19.7 Å². The average molecular weight is 596 g/mol. The first-order chi connectivity index (χ1) is 20.2. The Hall–Kier alpha value is -4.38. The number of aromatic nitrogens is 1. The number of carbonyl (C=O) groups excluding carboxylic acids is 2. The molecule has 4 aromatic rings. The third kappa shape index (κ3) is 7.27. The normalized spacial score (nSPS) is 14.7. The Balaban J connectivity index is 1.18. The molecule has 218 valence electrons. The predicted octanol–water partition coefficient (Wildman–Crippen LogP) is 7.13. The van der Waals surface area contributed by atoms with Gasteiger partial charge in [-0.2, -0.15) is 0 Å². The lowest BCUT2D eigenvalue weighted by atomic mass is 9.97. The van der Waals surface area contributed by atoms with Crippen LogP contribution in [0.2, 0.25) is 0 Å². The van der Waals surface area contributed by atoms with Crippen molar-refractivity contribution in [3.8, 4) is 22.6 Å². The molecule has 0 aliphatic carbocycles. The standard InChI is InChI=1S/C31H28F3N3O4S/c1-20(40-23-7-3-2-4-8-23)30(39)37-17-15-22(16-18-37)29-36-27(19-42-29)28(38)35-26-10-6-5-9-25(26)21-11-13-24(14-12-21)41-31(32,33)34/h2-14,19-20,22H,15-18H2,1H3,(H,35,38). The Morgan fingerprint density at radius 3 is 2.31 bits per heavy atom. The van der Waals surface area contributed by atoms with Gasteiger partial charge in [0.05, 0.1) is 5.01 Å². The highest BCUT2D eigenvalue weighted by Crippen LogP contribution is 2.33. The molecule has 2 amide bonds. The second-order valence-corrected chi connectivity index (χ2v) is 10.7. The minimum absolute atomic E-state index is 0.0577.